The van der Waals surface area contributed by atoms with Crippen molar-refractivity contribution in [1.29, 1.82) is 0 Å². The second-order valence-electron chi connectivity index (χ2n) is 4.63. The van der Waals surface area contributed by atoms with Crippen LogP contribution < -0.4 is 4.90 Å². The Hall–Kier alpha value is -2.44. The van der Waals surface area contributed by atoms with Crippen molar-refractivity contribution in [2.45, 2.75) is 26.3 Å². The Morgan fingerprint density at radius 1 is 1.35 bits per heavy atom. The molecule has 1 amide bonds. The van der Waals surface area contributed by atoms with E-state index in [2.05, 4.69) is 4.98 Å². The molecule has 0 fully saturated rings. The van der Waals surface area contributed by atoms with Gasteiger partial charge < -0.3 is 10.2 Å². The smallest absolute Gasteiger partial charge is 0.413 e. The van der Waals surface area contributed by atoms with Gasteiger partial charge in [0.15, 0.2) is 5.78 Å². The molecule has 1 aliphatic heterocycles. The van der Waals surface area contributed by atoms with Gasteiger partial charge in [-0.05, 0) is 25.5 Å². The number of anilines is 1. The van der Waals surface area contributed by atoms with Crippen molar-refractivity contribution in [3.8, 4) is 0 Å². The Morgan fingerprint density at radius 2 is 2.00 bits per heavy atom. The number of rotatable bonds is 2. The van der Waals surface area contributed by atoms with Crippen LogP contribution in [-0.2, 0) is 4.79 Å². The third kappa shape index (κ3) is 2.01. The van der Waals surface area contributed by atoms with E-state index in [1.54, 1.807) is 19.9 Å². The van der Waals surface area contributed by atoms with E-state index in [1.165, 1.54) is 6.07 Å². The Kier molecular flexibility index (Phi) is 3.44. The first-order valence-corrected chi connectivity index (χ1v) is 6.15. The molecule has 1 aliphatic rings. The number of Topliss-reactive ketones (excluding diaryl/α,β-unsaturated/α-hetero) is 1. The van der Waals surface area contributed by atoms with Crippen LogP contribution in [0, 0.1) is 12.8 Å². The lowest BCUT2D eigenvalue weighted by Gasteiger charge is -2.36. The number of nitrogens with zero attached hydrogens (tertiary/aromatic N) is 2. The number of hydrogen-bond acceptors (Lipinski definition) is 4. The molecule has 7 nitrogen and oxygen atoms in total. The van der Waals surface area contributed by atoms with Gasteiger partial charge in [-0.15, -0.1) is 0 Å². The van der Waals surface area contributed by atoms with Gasteiger partial charge in [-0.2, -0.15) is 0 Å². The maximum absolute atomic E-state index is 12.3. The topological polar surface area (TPSA) is 108 Å². The number of carbonyl (C=O) groups is 3. The van der Waals surface area contributed by atoms with Crippen LogP contribution in [-0.4, -0.2) is 39.1 Å². The fourth-order valence-electron chi connectivity index (χ4n) is 2.49. The molecule has 2 unspecified atom stereocenters. The second-order valence-corrected chi connectivity index (χ2v) is 4.63. The van der Waals surface area contributed by atoms with Crippen molar-refractivity contribution in [2.24, 2.45) is 5.92 Å². The summed E-state index contributed by atoms with van der Waals surface area (Å²) in [6.07, 6.45) is -1.10. The van der Waals surface area contributed by atoms with Gasteiger partial charge in [-0.1, -0.05) is 6.92 Å². The zero-order valence-electron chi connectivity index (χ0n) is 11.0. The summed E-state index contributed by atoms with van der Waals surface area (Å²) >= 11 is 0. The minimum absolute atomic E-state index is 0.0202. The Morgan fingerprint density at radius 3 is 2.50 bits per heavy atom. The van der Waals surface area contributed by atoms with Crippen LogP contribution in [0.1, 0.15) is 29.4 Å². The number of fused-ring (bicyclic) bond motifs is 1. The fraction of sp³-hybridized carbons (Fsp3) is 0.385. The summed E-state index contributed by atoms with van der Waals surface area (Å²) in [5.74, 6) is -3.29. The van der Waals surface area contributed by atoms with Crippen LogP contribution >= 0.6 is 0 Å². The summed E-state index contributed by atoms with van der Waals surface area (Å²) in [5.41, 5.74) is 0.599. The number of aromatic nitrogens is 1. The number of ketones is 1. The first-order valence-electron chi connectivity index (χ1n) is 6.15. The SMILES string of the molecule is CCC1C(C(=O)O)C(=O)c2ccc(C)nc2N1C(=O)O. The fourth-order valence-corrected chi connectivity index (χ4v) is 2.49. The van der Waals surface area contributed by atoms with E-state index < -0.39 is 29.8 Å². The summed E-state index contributed by atoms with van der Waals surface area (Å²) in [5, 5.41) is 18.6. The lowest BCUT2D eigenvalue weighted by atomic mass is 9.84. The first kappa shape index (κ1) is 14.0. The molecule has 1 aromatic heterocycles. The highest BCUT2D eigenvalue weighted by Crippen LogP contribution is 2.34. The van der Waals surface area contributed by atoms with E-state index in [9.17, 15) is 24.6 Å². The average molecular weight is 278 g/mol. The van der Waals surface area contributed by atoms with Gasteiger partial charge in [0.05, 0.1) is 11.6 Å². The first-order chi connectivity index (χ1) is 9.38. The summed E-state index contributed by atoms with van der Waals surface area (Å²) in [7, 11) is 0. The molecule has 2 atom stereocenters. The number of aliphatic carboxylic acids is 1. The number of aryl methyl sites for hydroxylation is 1. The standard InChI is InChI=1S/C13H14N2O5/c1-3-8-9(12(17)18)10(16)7-5-4-6(2)14-11(7)15(8)13(19)20/h4-5,8-9H,3H2,1-2H3,(H,17,18)(H,19,20). The summed E-state index contributed by atoms with van der Waals surface area (Å²) in [4.78, 5) is 40.0. The van der Waals surface area contributed by atoms with Gasteiger partial charge in [0.1, 0.15) is 11.7 Å². The molecule has 0 radical (unpaired) electrons. The largest absolute Gasteiger partial charge is 0.481 e. The minimum atomic E-state index is -1.40. The van der Waals surface area contributed by atoms with Gasteiger partial charge in [0, 0.05) is 5.69 Å². The molecule has 2 rings (SSSR count). The summed E-state index contributed by atoms with van der Waals surface area (Å²) in [6.45, 7) is 3.32. The molecular weight excluding hydrogens is 264 g/mol. The van der Waals surface area contributed by atoms with Gasteiger partial charge in [0.25, 0.3) is 0 Å². The van der Waals surface area contributed by atoms with E-state index in [-0.39, 0.29) is 17.8 Å². The molecule has 2 heterocycles. The van der Waals surface area contributed by atoms with Gasteiger partial charge in [-0.25, -0.2) is 9.78 Å². The van der Waals surface area contributed by atoms with Gasteiger partial charge in [-0.3, -0.25) is 14.5 Å². The lowest BCUT2D eigenvalue weighted by molar-refractivity contribution is -0.140. The Bertz CT molecular complexity index is 598. The van der Waals surface area contributed by atoms with Crippen LogP contribution in [0.15, 0.2) is 12.1 Å². The third-order valence-corrected chi connectivity index (χ3v) is 3.40. The monoisotopic (exact) mass is 278 g/mol. The van der Waals surface area contributed by atoms with Crippen LogP contribution in [0.3, 0.4) is 0 Å². The maximum atomic E-state index is 12.3. The molecule has 0 aromatic carbocycles. The summed E-state index contributed by atoms with van der Waals surface area (Å²) < 4.78 is 0. The van der Waals surface area contributed by atoms with Crippen molar-refractivity contribution >= 4 is 23.7 Å². The molecule has 7 heteroatoms. The van der Waals surface area contributed by atoms with Crippen molar-refractivity contribution in [3.63, 3.8) is 0 Å². The number of carbonyl (C=O) groups excluding carboxylic acids is 1. The van der Waals surface area contributed by atoms with Crippen LogP contribution in [0.5, 0.6) is 0 Å². The number of pyridine rings is 1. The molecule has 20 heavy (non-hydrogen) atoms. The van der Waals surface area contributed by atoms with Crippen molar-refractivity contribution in [2.75, 3.05) is 4.90 Å². The van der Waals surface area contributed by atoms with E-state index in [0.29, 0.717) is 5.69 Å². The molecule has 106 valence electrons. The predicted octanol–water partition coefficient (Wildman–Crippen LogP) is 1.55. The molecule has 0 saturated heterocycles. The quantitative estimate of drug-likeness (QED) is 0.794. The van der Waals surface area contributed by atoms with Crippen molar-refractivity contribution in [1.82, 2.24) is 4.98 Å². The van der Waals surface area contributed by atoms with Crippen molar-refractivity contribution < 1.29 is 24.6 Å². The van der Waals surface area contributed by atoms with Gasteiger partial charge >= 0.3 is 12.1 Å². The van der Waals surface area contributed by atoms with Crippen LogP contribution in [0.2, 0.25) is 0 Å². The average Bonchev–Trinajstić information content (AvgIpc) is 2.36. The zero-order valence-corrected chi connectivity index (χ0v) is 11.0. The summed E-state index contributed by atoms with van der Waals surface area (Å²) in [6, 6.07) is 2.04. The van der Waals surface area contributed by atoms with E-state index in [4.69, 9.17) is 0 Å². The molecule has 0 bridgehead atoms. The molecule has 0 saturated carbocycles. The molecule has 0 aliphatic carbocycles. The van der Waals surface area contributed by atoms with Crippen molar-refractivity contribution in [3.05, 3.63) is 23.4 Å². The Balaban J connectivity index is 2.69. The number of carboxylic acid groups (broad SMARTS) is 2. The minimum Gasteiger partial charge on any atom is -0.481 e. The van der Waals surface area contributed by atoms with Gasteiger partial charge in [0.2, 0.25) is 0 Å². The number of hydrogen-bond donors (Lipinski definition) is 2. The predicted molar refractivity (Wildman–Crippen MR) is 69.0 cm³/mol. The zero-order chi connectivity index (χ0) is 15.0. The van der Waals surface area contributed by atoms with E-state index in [1.807, 2.05) is 0 Å². The van der Waals surface area contributed by atoms with Crippen LogP contribution in [0.4, 0.5) is 10.6 Å². The lowest BCUT2D eigenvalue weighted by Crippen LogP contribution is -2.53. The highest BCUT2D eigenvalue weighted by Gasteiger charge is 2.46. The van der Waals surface area contributed by atoms with E-state index >= 15 is 0 Å². The number of carboxylic acids is 1. The molecule has 0 spiro atoms. The second kappa shape index (κ2) is 4.92. The Labute approximate surface area is 114 Å². The highest BCUT2D eigenvalue weighted by molar-refractivity contribution is 6.15. The van der Waals surface area contributed by atoms with Crippen LogP contribution in [0.25, 0.3) is 0 Å². The maximum Gasteiger partial charge on any atom is 0.413 e. The molecule has 2 N–H and O–H groups in total. The van der Waals surface area contributed by atoms with E-state index in [0.717, 1.165) is 4.90 Å². The highest BCUT2D eigenvalue weighted by atomic mass is 16.4. The number of amides is 1. The molecular formula is C13H14N2O5. The molecule has 1 aromatic rings. The normalized spacial score (nSPS) is 21.5. The third-order valence-electron chi connectivity index (χ3n) is 3.40.